The molecule has 0 aliphatic heterocycles. The molecule has 3 N–H and O–H groups in total. The standard InChI is InChI=1S/C19H22FN3O4/c1-11-4-6-14(13(20)10-11)21-18-16(19(26)22-27-9-3-8-24)12-5-7-15(25)17(12)23(18)2/h4,6,10,21,24H,3,5,7-9H2,1-2H3,(H,22,26). The van der Waals surface area contributed by atoms with E-state index >= 15 is 0 Å². The lowest BCUT2D eigenvalue weighted by Gasteiger charge is -2.13. The number of fused-ring (bicyclic) bond motifs is 1. The molecule has 0 unspecified atom stereocenters. The highest BCUT2D eigenvalue weighted by Gasteiger charge is 2.33. The predicted octanol–water partition coefficient (Wildman–Crippen LogP) is 2.39. The van der Waals surface area contributed by atoms with Gasteiger partial charge in [0.05, 0.1) is 23.6 Å². The van der Waals surface area contributed by atoms with Crippen molar-refractivity contribution in [3.05, 3.63) is 46.4 Å². The van der Waals surface area contributed by atoms with E-state index in [9.17, 15) is 14.0 Å². The van der Waals surface area contributed by atoms with Crippen LogP contribution in [-0.4, -0.2) is 34.6 Å². The summed E-state index contributed by atoms with van der Waals surface area (Å²) in [6.07, 6.45) is 1.16. The lowest BCUT2D eigenvalue weighted by Crippen LogP contribution is -2.26. The Hall–Kier alpha value is -2.71. The van der Waals surface area contributed by atoms with Gasteiger partial charge in [0.1, 0.15) is 11.6 Å². The van der Waals surface area contributed by atoms with Crippen molar-refractivity contribution in [3.8, 4) is 0 Å². The monoisotopic (exact) mass is 375 g/mol. The van der Waals surface area contributed by atoms with Crippen LogP contribution in [0.25, 0.3) is 0 Å². The molecule has 27 heavy (non-hydrogen) atoms. The summed E-state index contributed by atoms with van der Waals surface area (Å²) >= 11 is 0. The number of hydrogen-bond acceptors (Lipinski definition) is 5. The highest BCUT2D eigenvalue weighted by molar-refractivity contribution is 6.09. The largest absolute Gasteiger partial charge is 0.396 e. The molecule has 8 heteroatoms. The summed E-state index contributed by atoms with van der Waals surface area (Å²) in [5, 5.41) is 11.7. The van der Waals surface area contributed by atoms with Crippen LogP contribution in [-0.2, 0) is 18.3 Å². The first-order valence-electron chi connectivity index (χ1n) is 8.75. The number of carbonyl (C=O) groups is 2. The smallest absolute Gasteiger partial charge is 0.278 e. The molecule has 1 aliphatic rings. The maximum atomic E-state index is 14.3. The van der Waals surface area contributed by atoms with Gasteiger partial charge in [-0.2, -0.15) is 0 Å². The van der Waals surface area contributed by atoms with Gasteiger partial charge in [-0.05, 0) is 43.0 Å². The number of aromatic nitrogens is 1. The second-order valence-electron chi connectivity index (χ2n) is 6.50. The third-order valence-electron chi connectivity index (χ3n) is 4.54. The third kappa shape index (κ3) is 3.72. The van der Waals surface area contributed by atoms with Gasteiger partial charge in [0.25, 0.3) is 5.91 Å². The molecule has 0 spiro atoms. The van der Waals surface area contributed by atoms with E-state index in [1.54, 1.807) is 30.7 Å². The molecular weight excluding hydrogens is 353 g/mol. The lowest BCUT2D eigenvalue weighted by atomic mass is 10.1. The normalized spacial score (nSPS) is 13.0. The SMILES string of the molecule is Cc1ccc(Nc2c(C(=O)NOCCCO)c3c(n2C)C(=O)CC3)c(F)c1. The Labute approximate surface area is 156 Å². The Morgan fingerprint density at radius 3 is 2.85 bits per heavy atom. The van der Waals surface area contributed by atoms with Gasteiger partial charge in [0, 0.05) is 20.1 Å². The van der Waals surface area contributed by atoms with Crippen molar-refractivity contribution >= 4 is 23.2 Å². The van der Waals surface area contributed by atoms with Crippen LogP contribution in [0.5, 0.6) is 0 Å². The van der Waals surface area contributed by atoms with E-state index in [1.165, 1.54) is 6.07 Å². The Balaban J connectivity index is 1.96. The number of ketones is 1. The lowest BCUT2D eigenvalue weighted by molar-refractivity contribution is 0.0262. The van der Waals surface area contributed by atoms with Crippen LogP contribution in [0.3, 0.4) is 0 Å². The van der Waals surface area contributed by atoms with Gasteiger partial charge >= 0.3 is 0 Å². The zero-order chi connectivity index (χ0) is 19.6. The summed E-state index contributed by atoms with van der Waals surface area (Å²) in [6, 6.07) is 4.73. The van der Waals surface area contributed by atoms with Gasteiger partial charge in [-0.25, -0.2) is 9.87 Å². The van der Waals surface area contributed by atoms with E-state index in [0.717, 1.165) is 5.56 Å². The fraction of sp³-hybridized carbons (Fsp3) is 0.368. The van der Waals surface area contributed by atoms with Crippen molar-refractivity contribution in [3.63, 3.8) is 0 Å². The van der Waals surface area contributed by atoms with E-state index < -0.39 is 11.7 Å². The van der Waals surface area contributed by atoms with Crippen LogP contribution >= 0.6 is 0 Å². The second kappa shape index (κ2) is 7.89. The molecule has 1 heterocycles. The van der Waals surface area contributed by atoms with Gasteiger partial charge in [0.15, 0.2) is 5.78 Å². The Morgan fingerprint density at radius 1 is 1.37 bits per heavy atom. The van der Waals surface area contributed by atoms with E-state index in [-0.39, 0.29) is 30.2 Å². The average Bonchev–Trinajstić information content (AvgIpc) is 3.13. The first-order valence-corrected chi connectivity index (χ1v) is 8.75. The third-order valence-corrected chi connectivity index (χ3v) is 4.54. The predicted molar refractivity (Wildman–Crippen MR) is 97.6 cm³/mol. The number of nitrogens with one attached hydrogen (secondary N) is 2. The van der Waals surface area contributed by atoms with Crippen LogP contribution in [0, 0.1) is 12.7 Å². The number of halogens is 1. The second-order valence-corrected chi connectivity index (χ2v) is 6.50. The van der Waals surface area contributed by atoms with Gasteiger partial charge in [0.2, 0.25) is 0 Å². The van der Waals surface area contributed by atoms with Gasteiger partial charge in [-0.1, -0.05) is 6.07 Å². The fourth-order valence-corrected chi connectivity index (χ4v) is 3.24. The first-order chi connectivity index (χ1) is 12.9. The Bertz CT molecular complexity index is 892. The van der Waals surface area contributed by atoms with E-state index in [2.05, 4.69) is 10.8 Å². The van der Waals surface area contributed by atoms with Crippen LogP contribution in [0.2, 0.25) is 0 Å². The van der Waals surface area contributed by atoms with Crippen molar-refractivity contribution in [2.45, 2.75) is 26.2 Å². The van der Waals surface area contributed by atoms with Gasteiger partial charge in [-0.3, -0.25) is 14.4 Å². The van der Waals surface area contributed by atoms with Gasteiger partial charge in [-0.15, -0.1) is 0 Å². The Kier molecular flexibility index (Phi) is 5.57. The molecule has 2 aromatic rings. The summed E-state index contributed by atoms with van der Waals surface area (Å²) < 4.78 is 15.9. The highest BCUT2D eigenvalue weighted by atomic mass is 19.1. The number of carbonyl (C=O) groups excluding carboxylic acids is 2. The molecule has 0 atom stereocenters. The number of aliphatic hydroxyl groups is 1. The number of Topliss-reactive ketones (excluding diaryl/α,β-unsaturated/α-hetero) is 1. The number of rotatable bonds is 7. The summed E-state index contributed by atoms with van der Waals surface area (Å²) in [6.45, 7) is 1.89. The minimum atomic E-state index is -0.519. The number of anilines is 2. The van der Waals surface area contributed by atoms with Crippen molar-refractivity contribution in [2.75, 3.05) is 18.5 Å². The molecule has 1 aromatic carbocycles. The maximum absolute atomic E-state index is 14.3. The number of hydroxylamine groups is 1. The number of benzene rings is 1. The summed E-state index contributed by atoms with van der Waals surface area (Å²) in [5.41, 5.74) is 4.66. The number of hydrogen-bond donors (Lipinski definition) is 3. The molecule has 0 saturated carbocycles. The van der Waals surface area contributed by atoms with Crippen LogP contribution < -0.4 is 10.8 Å². The van der Waals surface area contributed by atoms with E-state index in [0.29, 0.717) is 36.3 Å². The Morgan fingerprint density at radius 2 is 2.15 bits per heavy atom. The first kappa shape index (κ1) is 19.1. The minimum absolute atomic E-state index is 0.0510. The van der Waals surface area contributed by atoms with Crippen molar-refractivity contribution in [1.82, 2.24) is 10.0 Å². The van der Waals surface area contributed by atoms with Crippen LogP contribution in [0.1, 0.15) is 44.8 Å². The van der Waals surface area contributed by atoms with Crippen LogP contribution in [0.4, 0.5) is 15.9 Å². The van der Waals surface area contributed by atoms with Gasteiger partial charge < -0.3 is 15.0 Å². The number of aliphatic hydroxyl groups excluding tert-OH is 1. The topological polar surface area (TPSA) is 92.6 Å². The molecule has 1 amide bonds. The van der Waals surface area contributed by atoms with E-state index in [1.807, 2.05) is 0 Å². The molecule has 0 radical (unpaired) electrons. The summed E-state index contributed by atoms with van der Waals surface area (Å²) in [7, 11) is 1.67. The quantitative estimate of drug-likeness (QED) is 0.510. The van der Waals surface area contributed by atoms with Crippen molar-refractivity contribution in [1.29, 1.82) is 0 Å². The zero-order valence-corrected chi connectivity index (χ0v) is 15.3. The van der Waals surface area contributed by atoms with Crippen molar-refractivity contribution < 1.29 is 23.9 Å². The maximum Gasteiger partial charge on any atom is 0.278 e. The van der Waals surface area contributed by atoms with Crippen molar-refractivity contribution in [2.24, 2.45) is 7.05 Å². The molecule has 144 valence electrons. The fourth-order valence-electron chi connectivity index (χ4n) is 3.24. The highest BCUT2D eigenvalue weighted by Crippen LogP contribution is 2.35. The molecule has 7 nitrogen and oxygen atoms in total. The molecule has 0 saturated heterocycles. The number of amides is 1. The zero-order valence-electron chi connectivity index (χ0n) is 15.3. The molecular formula is C19H22FN3O4. The molecule has 1 aromatic heterocycles. The molecule has 0 fully saturated rings. The number of nitrogens with zero attached hydrogens (tertiary/aromatic N) is 1. The average molecular weight is 375 g/mol. The molecule has 3 rings (SSSR count). The van der Waals surface area contributed by atoms with E-state index in [4.69, 9.17) is 9.94 Å². The molecule has 0 bridgehead atoms. The molecule has 1 aliphatic carbocycles. The minimum Gasteiger partial charge on any atom is -0.396 e. The van der Waals surface area contributed by atoms with Crippen LogP contribution in [0.15, 0.2) is 18.2 Å². The summed E-state index contributed by atoms with van der Waals surface area (Å²) in [4.78, 5) is 30.0. The number of aryl methyl sites for hydroxylation is 1. The summed E-state index contributed by atoms with van der Waals surface area (Å²) in [5.74, 6) is -0.693.